The molecule has 1 N–H and O–H groups in total. The number of piperidine rings is 1. The van der Waals surface area contributed by atoms with Gasteiger partial charge in [0.2, 0.25) is 0 Å². The number of carbonyl (C=O) groups excluding carboxylic acids is 2. The molecule has 0 atom stereocenters. The first-order valence-corrected chi connectivity index (χ1v) is 8.99. The minimum absolute atomic E-state index is 0.0728. The van der Waals surface area contributed by atoms with Gasteiger partial charge in [0.25, 0.3) is 5.91 Å². The standard InChI is InChI=1S/C17H31N3O2/c1-3-5-10-17(11-6-4-2)15(21)18-16(22)20(17)14-19-12-8-7-9-13-19/h3-14H2,1-2H3,(H,18,21,22). The molecule has 0 radical (unpaired) electrons. The van der Waals surface area contributed by atoms with E-state index in [1.54, 1.807) is 0 Å². The van der Waals surface area contributed by atoms with Crippen molar-refractivity contribution in [3.8, 4) is 0 Å². The number of urea groups is 1. The number of likely N-dealkylation sites (tertiary alicyclic amines) is 1. The molecular formula is C17H31N3O2. The summed E-state index contributed by atoms with van der Waals surface area (Å²) in [7, 11) is 0. The smallest absolute Gasteiger partial charge is 0.297 e. The fraction of sp³-hybridized carbons (Fsp3) is 0.882. The van der Waals surface area contributed by atoms with Gasteiger partial charge in [-0.05, 0) is 38.8 Å². The van der Waals surface area contributed by atoms with Crippen LogP contribution in [0.4, 0.5) is 4.79 Å². The highest BCUT2D eigenvalue weighted by Gasteiger charge is 2.51. The molecule has 0 aliphatic carbocycles. The number of hydrogen-bond acceptors (Lipinski definition) is 3. The van der Waals surface area contributed by atoms with E-state index in [0.717, 1.165) is 51.6 Å². The molecule has 2 aliphatic rings. The maximum Gasteiger partial charge on any atom is 0.326 e. The van der Waals surface area contributed by atoms with Crippen LogP contribution in [0.5, 0.6) is 0 Å². The zero-order valence-electron chi connectivity index (χ0n) is 14.2. The molecular weight excluding hydrogens is 278 g/mol. The largest absolute Gasteiger partial charge is 0.326 e. The van der Waals surface area contributed by atoms with Gasteiger partial charge in [0.05, 0.1) is 6.67 Å². The van der Waals surface area contributed by atoms with E-state index in [1.165, 1.54) is 19.3 Å². The molecule has 2 rings (SSSR count). The van der Waals surface area contributed by atoms with E-state index in [1.807, 2.05) is 4.90 Å². The van der Waals surface area contributed by atoms with Crippen molar-refractivity contribution in [1.29, 1.82) is 0 Å². The lowest BCUT2D eigenvalue weighted by molar-refractivity contribution is -0.128. The van der Waals surface area contributed by atoms with Crippen LogP contribution in [0.2, 0.25) is 0 Å². The topological polar surface area (TPSA) is 52.7 Å². The first-order chi connectivity index (χ1) is 10.6. The highest BCUT2D eigenvalue weighted by atomic mass is 16.2. The normalized spacial score (nSPS) is 22.2. The molecule has 126 valence electrons. The molecule has 0 aromatic rings. The van der Waals surface area contributed by atoms with Crippen molar-refractivity contribution in [2.24, 2.45) is 0 Å². The second kappa shape index (κ2) is 7.95. The fourth-order valence-corrected chi connectivity index (χ4v) is 3.66. The van der Waals surface area contributed by atoms with Crippen LogP contribution in [-0.2, 0) is 4.79 Å². The summed E-state index contributed by atoms with van der Waals surface area (Å²) in [6.07, 6.45) is 9.31. The summed E-state index contributed by atoms with van der Waals surface area (Å²) in [6, 6.07) is -0.192. The maximum atomic E-state index is 12.6. The van der Waals surface area contributed by atoms with Crippen molar-refractivity contribution in [1.82, 2.24) is 15.1 Å². The number of unbranched alkanes of at least 4 members (excludes halogenated alkanes) is 2. The van der Waals surface area contributed by atoms with Crippen molar-refractivity contribution < 1.29 is 9.59 Å². The molecule has 2 aliphatic heterocycles. The van der Waals surface area contributed by atoms with Gasteiger partial charge in [-0.15, -0.1) is 0 Å². The highest BCUT2D eigenvalue weighted by molar-refractivity contribution is 6.07. The third-order valence-electron chi connectivity index (χ3n) is 5.08. The van der Waals surface area contributed by atoms with Gasteiger partial charge < -0.3 is 0 Å². The van der Waals surface area contributed by atoms with E-state index in [-0.39, 0.29) is 11.9 Å². The number of carbonyl (C=O) groups is 2. The summed E-state index contributed by atoms with van der Waals surface area (Å²) < 4.78 is 0. The Morgan fingerprint density at radius 1 is 1.00 bits per heavy atom. The minimum atomic E-state index is -0.611. The van der Waals surface area contributed by atoms with Crippen molar-refractivity contribution in [2.45, 2.75) is 77.2 Å². The molecule has 0 saturated carbocycles. The number of nitrogens with one attached hydrogen (secondary N) is 1. The minimum Gasteiger partial charge on any atom is -0.297 e. The lowest BCUT2D eigenvalue weighted by Gasteiger charge is -2.39. The van der Waals surface area contributed by atoms with E-state index < -0.39 is 5.54 Å². The van der Waals surface area contributed by atoms with Crippen LogP contribution in [0, 0.1) is 0 Å². The van der Waals surface area contributed by atoms with Gasteiger partial charge in [-0.3, -0.25) is 19.9 Å². The maximum absolute atomic E-state index is 12.6. The third-order valence-corrected chi connectivity index (χ3v) is 5.08. The Morgan fingerprint density at radius 3 is 2.14 bits per heavy atom. The zero-order chi connectivity index (χ0) is 16.0. The molecule has 0 aromatic carbocycles. The average Bonchev–Trinajstić information content (AvgIpc) is 2.76. The van der Waals surface area contributed by atoms with Crippen molar-refractivity contribution in [2.75, 3.05) is 19.8 Å². The Kier molecular flexibility index (Phi) is 6.24. The second-order valence-electron chi connectivity index (χ2n) is 6.75. The lowest BCUT2D eigenvalue weighted by atomic mass is 9.86. The summed E-state index contributed by atoms with van der Waals surface area (Å²) >= 11 is 0. The lowest BCUT2D eigenvalue weighted by Crippen LogP contribution is -2.54. The molecule has 5 heteroatoms. The number of imide groups is 1. The molecule has 2 saturated heterocycles. The number of hydrogen-bond donors (Lipinski definition) is 1. The summed E-state index contributed by atoms with van der Waals surface area (Å²) in [5.74, 6) is -0.0728. The predicted octanol–water partition coefficient (Wildman–Crippen LogP) is 3.10. The molecule has 2 fully saturated rings. The van der Waals surface area contributed by atoms with Crippen LogP contribution < -0.4 is 5.32 Å². The quantitative estimate of drug-likeness (QED) is 0.701. The van der Waals surface area contributed by atoms with Crippen LogP contribution in [0.1, 0.15) is 71.6 Å². The van der Waals surface area contributed by atoms with Gasteiger partial charge in [-0.2, -0.15) is 0 Å². The molecule has 2 heterocycles. The number of amides is 3. The van der Waals surface area contributed by atoms with E-state index in [0.29, 0.717) is 6.67 Å². The predicted molar refractivity (Wildman–Crippen MR) is 87.4 cm³/mol. The summed E-state index contributed by atoms with van der Waals surface area (Å²) in [5.41, 5.74) is -0.611. The second-order valence-corrected chi connectivity index (χ2v) is 6.75. The SMILES string of the molecule is CCCCC1(CCCC)C(=O)NC(=O)N1CN1CCCCC1. The zero-order valence-corrected chi connectivity index (χ0v) is 14.2. The van der Waals surface area contributed by atoms with Gasteiger partial charge in [-0.25, -0.2) is 4.79 Å². The Balaban J connectivity index is 2.15. The molecule has 3 amide bonds. The van der Waals surface area contributed by atoms with Gasteiger partial charge in [0, 0.05) is 0 Å². The molecule has 0 bridgehead atoms. The molecule has 0 spiro atoms. The van der Waals surface area contributed by atoms with Crippen LogP contribution in [-0.4, -0.2) is 47.0 Å². The van der Waals surface area contributed by atoms with Gasteiger partial charge in [0.15, 0.2) is 0 Å². The summed E-state index contributed by atoms with van der Waals surface area (Å²) in [6.45, 7) is 6.95. The first-order valence-electron chi connectivity index (χ1n) is 8.99. The number of nitrogens with zero attached hydrogens (tertiary/aromatic N) is 2. The fourth-order valence-electron chi connectivity index (χ4n) is 3.66. The van der Waals surface area contributed by atoms with Crippen LogP contribution in [0.15, 0.2) is 0 Å². The highest BCUT2D eigenvalue weighted by Crippen LogP contribution is 2.33. The monoisotopic (exact) mass is 309 g/mol. The van der Waals surface area contributed by atoms with E-state index in [9.17, 15) is 9.59 Å². The van der Waals surface area contributed by atoms with Gasteiger partial charge in [0.1, 0.15) is 5.54 Å². The van der Waals surface area contributed by atoms with E-state index >= 15 is 0 Å². The average molecular weight is 309 g/mol. The van der Waals surface area contributed by atoms with E-state index in [2.05, 4.69) is 24.1 Å². The summed E-state index contributed by atoms with van der Waals surface area (Å²) in [5, 5.41) is 2.59. The summed E-state index contributed by atoms with van der Waals surface area (Å²) in [4.78, 5) is 29.1. The van der Waals surface area contributed by atoms with Gasteiger partial charge in [-0.1, -0.05) is 46.0 Å². The first kappa shape index (κ1) is 17.3. The van der Waals surface area contributed by atoms with Crippen LogP contribution in [0.25, 0.3) is 0 Å². The van der Waals surface area contributed by atoms with Crippen molar-refractivity contribution in [3.63, 3.8) is 0 Å². The van der Waals surface area contributed by atoms with Gasteiger partial charge >= 0.3 is 6.03 Å². The molecule has 22 heavy (non-hydrogen) atoms. The Labute approximate surface area is 134 Å². The van der Waals surface area contributed by atoms with Crippen LogP contribution in [0.3, 0.4) is 0 Å². The van der Waals surface area contributed by atoms with E-state index in [4.69, 9.17) is 0 Å². The van der Waals surface area contributed by atoms with Crippen molar-refractivity contribution >= 4 is 11.9 Å². The Morgan fingerprint density at radius 2 is 1.59 bits per heavy atom. The van der Waals surface area contributed by atoms with Crippen LogP contribution >= 0.6 is 0 Å². The number of rotatable bonds is 8. The Bertz CT molecular complexity index is 383. The molecule has 5 nitrogen and oxygen atoms in total. The molecule has 0 aromatic heterocycles. The Hall–Kier alpha value is -1.10. The third kappa shape index (κ3) is 3.62. The van der Waals surface area contributed by atoms with Crippen molar-refractivity contribution in [3.05, 3.63) is 0 Å². The molecule has 0 unspecified atom stereocenters.